The predicted molar refractivity (Wildman–Crippen MR) is 98.4 cm³/mol. The molecule has 1 heterocycles. The molecule has 8 heteroatoms. The second-order valence-electron chi connectivity index (χ2n) is 7.10. The lowest BCUT2D eigenvalue weighted by molar-refractivity contribution is -0.122. The zero-order valence-electron chi connectivity index (χ0n) is 15.2. The fourth-order valence-corrected chi connectivity index (χ4v) is 4.84. The summed E-state index contributed by atoms with van der Waals surface area (Å²) in [5, 5.41) is 2.21. The summed E-state index contributed by atoms with van der Waals surface area (Å²) in [6.45, 7) is 4.45. The first-order valence-corrected chi connectivity index (χ1v) is 10.4. The molecule has 1 saturated heterocycles. The molecule has 144 valence electrons. The lowest BCUT2D eigenvalue weighted by Crippen LogP contribution is -2.50. The normalized spacial score (nSPS) is 15.8. The van der Waals surface area contributed by atoms with E-state index < -0.39 is 21.3 Å². The molecule has 0 aliphatic carbocycles. The van der Waals surface area contributed by atoms with E-state index >= 15 is 0 Å². The molecule has 0 unspecified atom stereocenters. The van der Waals surface area contributed by atoms with Gasteiger partial charge in [-0.2, -0.15) is 0 Å². The van der Waals surface area contributed by atoms with Crippen LogP contribution in [0, 0.1) is 0 Å². The number of benzene rings is 1. The maximum atomic E-state index is 12.4. The Morgan fingerprint density at radius 2 is 1.88 bits per heavy atom. The molecule has 7 nitrogen and oxygen atoms in total. The van der Waals surface area contributed by atoms with E-state index in [1.165, 1.54) is 4.90 Å². The molecule has 0 aromatic heterocycles. The zero-order chi connectivity index (χ0) is 19.2. The molecule has 26 heavy (non-hydrogen) atoms. The van der Waals surface area contributed by atoms with Gasteiger partial charge in [0.25, 0.3) is 0 Å². The second kappa shape index (κ2) is 8.64. The van der Waals surface area contributed by atoms with E-state index in [0.717, 1.165) is 5.56 Å². The Labute approximate surface area is 154 Å². The van der Waals surface area contributed by atoms with Crippen molar-refractivity contribution in [1.82, 2.24) is 10.2 Å². The number of carbonyl (C=O) groups excluding carboxylic acids is 2. The number of hydrogen-bond donors (Lipinski definition) is 1. The van der Waals surface area contributed by atoms with Crippen molar-refractivity contribution in [3.8, 4) is 0 Å². The minimum Gasteiger partial charge on any atom is -0.361 e. The van der Waals surface area contributed by atoms with Crippen LogP contribution in [0.25, 0.3) is 0 Å². The minimum absolute atomic E-state index is 0.0357. The molecule has 0 bridgehead atoms. The summed E-state index contributed by atoms with van der Waals surface area (Å²) in [5.74, 6) is -0.187. The largest absolute Gasteiger partial charge is 0.361 e. The van der Waals surface area contributed by atoms with Gasteiger partial charge in [0.15, 0.2) is 9.84 Å². The molecular weight excluding hydrogens is 356 g/mol. The molecule has 1 fully saturated rings. The van der Waals surface area contributed by atoms with Crippen LogP contribution in [0.5, 0.6) is 0 Å². The standard InChI is InChI=1S/C18H26N2O5S/c1-18(2,15-7-4-3-5-8-15)13-26(23,24)12-6-11-25-14-20-10-9-16(21)19-17(20)22/h3-5,7-8H,6,9-14H2,1-2H3,(H,19,21,22). The number of ether oxygens (including phenoxy) is 1. The monoisotopic (exact) mass is 382 g/mol. The fourth-order valence-electron chi connectivity index (χ4n) is 2.87. The number of rotatable bonds is 9. The van der Waals surface area contributed by atoms with Crippen LogP contribution in [0.2, 0.25) is 0 Å². The van der Waals surface area contributed by atoms with E-state index in [1.54, 1.807) is 0 Å². The van der Waals surface area contributed by atoms with Crippen molar-refractivity contribution in [3.05, 3.63) is 35.9 Å². The van der Waals surface area contributed by atoms with Gasteiger partial charge in [0, 0.05) is 25.0 Å². The molecule has 0 atom stereocenters. The smallest absolute Gasteiger partial charge is 0.325 e. The van der Waals surface area contributed by atoms with E-state index in [1.807, 2.05) is 44.2 Å². The van der Waals surface area contributed by atoms with E-state index in [9.17, 15) is 18.0 Å². The maximum absolute atomic E-state index is 12.4. The summed E-state index contributed by atoms with van der Waals surface area (Å²) in [4.78, 5) is 24.0. The quantitative estimate of drug-likeness (QED) is 0.656. The lowest BCUT2D eigenvalue weighted by atomic mass is 9.87. The number of imide groups is 1. The Balaban J connectivity index is 1.73. The van der Waals surface area contributed by atoms with Crippen LogP contribution in [-0.2, 0) is 24.8 Å². The van der Waals surface area contributed by atoms with Crippen molar-refractivity contribution in [1.29, 1.82) is 0 Å². The average Bonchev–Trinajstić information content (AvgIpc) is 2.56. The van der Waals surface area contributed by atoms with Crippen molar-refractivity contribution < 1.29 is 22.7 Å². The molecule has 0 radical (unpaired) electrons. The van der Waals surface area contributed by atoms with Gasteiger partial charge in [0.05, 0.1) is 11.5 Å². The van der Waals surface area contributed by atoms with Crippen LogP contribution in [-0.4, -0.2) is 56.6 Å². The third-order valence-electron chi connectivity index (χ3n) is 4.27. The highest BCUT2D eigenvalue weighted by molar-refractivity contribution is 7.91. The Kier molecular flexibility index (Phi) is 6.77. The van der Waals surface area contributed by atoms with Crippen LogP contribution >= 0.6 is 0 Å². The molecule has 0 saturated carbocycles. The highest BCUT2D eigenvalue weighted by Gasteiger charge is 2.28. The molecule has 1 N–H and O–H groups in total. The molecule has 3 amide bonds. The highest BCUT2D eigenvalue weighted by atomic mass is 32.2. The molecule has 0 spiro atoms. The van der Waals surface area contributed by atoms with Gasteiger partial charge in [-0.15, -0.1) is 0 Å². The van der Waals surface area contributed by atoms with Crippen LogP contribution < -0.4 is 5.32 Å². The van der Waals surface area contributed by atoms with E-state index in [2.05, 4.69) is 5.32 Å². The highest BCUT2D eigenvalue weighted by Crippen LogP contribution is 2.25. The zero-order valence-corrected chi connectivity index (χ0v) is 16.0. The summed E-state index contributed by atoms with van der Waals surface area (Å²) in [7, 11) is -3.23. The van der Waals surface area contributed by atoms with Gasteiger partial charge in [0.1, 0.15) is 6.73 Å². The van der Waals surface area contributed by atoms with E-state index in [0.29, 0.717) is 13.0 Å². The van der Waals surface area contributed by atoms with Crippen molar-refractivity contribution in [2.75, 3.05) is 31.4 Å². The van der Waals surface area contributed by atoms with Gasteiger partial charge in [-0.3, -0.25) is 10.1 Å². The third-order valence-corrected chi connectivity index (χ3v) is 6.34. The van der Waals surface area contributed by atoms with Crippen molar-refractivity contribution in [2.45, 2.75) is 32.1 Å². The van der Waals surface area contributed by atoms with Gasteiger partial charge in [-0.05, 0) is 12.0 Å². The SMILES string of the molecule is CC(C)(CS(=O)(=O)CCCOCN1CCC(=O)NC1=O)c1ccccc1. The second-order valence-corrected chi connectivity index (χ2v) is 9.28. The number of carbonyl (C=O) groups is 2. The van der Waals surface area contributed by atoms with E-state index in [4.69, 9.17) is 4.74 Å². The van der Waals surface area contributed by atoms with Gasteiger partial charge in [-0.25, -0.2) is 13.2 Å². The first-order valence-electron chi connectivity index (χ1n) is 8.62. The molecule has 1 aliphatic rings. The summed E-state index contributed by atoms with van der Waals surface area (Å²) in [6.07, 6.45) is 0.611. The molecule has 1 aliphatic heterocycles. The Morgan fingerprint density at radius 1 is 1.19 bits per heavy atom. The third kappa shape index (κ3) is 6.10. The lowest BCUT2D eigenvalue weighted by Gasteiger charge is -2.26. The Bertz CT molecular complexity index is 731. The van der Waals surface area contributed by atoms with Gasteiger partial charge >= 0.3 is 6.03 Å². The van der Waals surface area contributed by atoms with Crippen molar-refractivity contribution in [3.63, 3.8) is 0 Å². The fraction of sp³-hybridized carbons (Fsp3) is 0.556. The number of nitrogens with one attached hydrogen (secondary N) is 1. The van der Waals surface area contributed by atoms with Crippen molar-refractivity contribution >= 4 is 21.8 Å². The molecule has 1 aromatic rings. The predicted octanol–water partition coefficient (Wildman–Crippen LogP) is 1.69. The number of sulfone groups is 1. The first-order chi connectivity index (χ1) is 12.2. The Morgan fingerprint density at radius 3 is 2.54 bits per heavy atom. The van der Waals surface area contributed by atoms with Gasteiger partial charge in [0.2, 0.25) is 5.91 Å². The summed E-state index contributed by atoms with van der Waals surface area (Å²) in [5.41, 5.74) is 0.532. The number of hydrogen-bond acceptors (Lipinski definition) is 5. The summed E-state index contributed by atoms with van der Waals surface area (Å²) < 4.78 is 30.2. The molecule has 2 rings (SSSR count). The topological polar surface area (TPSA) is 92.8 Å². The minimum atomic E-state index is -3.23. The number of amides is 3. The molecular formula is C18H26N2O5S. The summed E-state index contributed by atoms with van der Waals surface area (Å²) in [6, 6.07) is 9.12. The van der Waals surface area contributed by atoms with Crippen LogP contribution in [0.4, 0.5) is 4.79 Å². The molecule has 1 aromatic carbocycles. The van der Waals surface area contributed by atoms with Crippen LogP contribution in [0.1, 0.15) is 32.3 Å². The Hall–Kier alpha value is -1.93. The first kappa shape index (κ1) is 20.4. The maximum Gasteiger partial charge on any atom is 0.325 e. The number of urea groups is 1. The van der Waals surface area contributed by atoms with Gasteiger partial charge < -0.3 is 9.64 Å². The van der Waals surface area contributed by atoms with E-state index in [-0.39, 0.29) is 37.2 Å². The number of nitrogens with zero attached hydrogens (tertiary/aromatic N) is 1. The van der Waals surface area contributed by atoms with Gasteiger partial charge in [-0.1, -0.05) is 44.2 Å². The van der Waals surface area contributed by atoms with Crippen LogP contribution in [0.15, 0.2) is 30.3 Å². The summed E-state index contributed by atoms with van der Waals surface area (Å²) >= 11 is 0. The van der Waals surface area contributed by atoms with Crippen molar-refractivity contribution in [2.24, 2.45) is 0 Å². The average molecular weight is 382 g/mol. The van der Waals surface area contributed by atoms with Crippen LogP contribution in [0.3, 0.4) is 0 Å².